The van der Waals surface area contributed by atoms with E-state index in [1.54, 1.807) is 36.4 Å². The van der Waals surface area contributed by atoms with Crippen LogP contribution in [-0.2, 0) is 4.79 Å². The topological polar surface area (TPSA) is 127 Å². The monoisotopic (exact) mass is 436 g/mol. The molecule has 3 aromatic rings. The third-order valence-electron chi connectivity index (χ3n) is 3.89. The average molecular weight is 436 g/mol. The Labute approximate surface area is 181 Å². The molecule has 3 rings (SSSR count). The Bertz CT molecular complexity index is 1140. The molecule has 156 valence electrons. The van der Waals surface area contributed by atoms with Gasteiger partial charge in [0.1, 0.15) is 0 Å². The number of nitro benzene ring substituents is 1. The summed E-state index contributed by atoms with van der Waals surface area (Å²) in [4.78, 5) is 34.2. The Kier molecular flexibility index (Phi) is 6.86. The van der Waals surface area contributed by atoms with Gasteiger partial charge in [0.15, 0.2) is 10.9 Å². The van der Waals surface area contributed by atoms with Crippen molar-refractivity contribution >= 4 is 52.3 Å². The van der Waals surface area contributed by atoms with Gasteiger partial charge in [-0.25, -0.2) is 0 Å². The zero-order chi connectivity index (χ0) is 22.2. The lowest BCUT2D eigenvalue weighted by molar-refractivity contribution is -0.384. The lowest BCUT2D eigenvalue weighted by atomic mass is 10.2. The van der Waals surface area contributed by atoms with E-state index in [1.807, 2.05) is 0 Å². The molecular weight excluding hydrogens is 420 g/mol. The minimum absolute atomic E-state index is 0.0328. The summed E-state index contributed by atoms with van der Waals surface area (Å²) in [5.74, 6) is -0.687. The summed E-state index contributed by atoms with van der Waals surface area (Å²) < 4.78 is 5.04. The van der Waals surface area contributed by atoms with Crippen molar-refractivity contribution in [1.29, 1.82) is 0 Å². The van der Waals surface area contributed by atoms with Gasteiger partial charge in [0.05, 0.1) is 11.2 Å². The zero-order valence-electron chi connectivity index (χ0n) is 15.9. The summed E-state index contributed by atoms with van der Waals surface area (Å²) in [5, 5.41) is 18.8. The number of non-ortho nitro benzene ring substituents is 1. The molecule has 1 heterocycles. The molecule has 0 bridgehead atoms. The summed E-state index contributed by atoms with van der Waals surface area (Å²) in [6.07, 6.45) is 4.17. The van der Waals surface area contributed by atoms with E-state index in [4.69, 9.17) is 16.6 Å². The van der Waals surface area contributed by atoms with E-state index in [0.29, 0.717) is 16.9 Å². The first-order chi connectivity index (χ1) is 14.9. The molecule has 0 saturated carbocycles. The molecule has 1 aromatic heterocycles. The van der Waals surface area contributed by atoms with E-state index >= 15 is 0 Å². The predicted molar refractivity (Wildman–Crippen MR) is 120 cm³/mol. The van der Waals surface area contributed by atoms with Crippen molar-refractivity contribution < 1.29 is 18.9 Å². The van der Waals surface area contributed by atoms with Crippen LogP contribution in [0, 0.1) is 10.1 Å². The van der Waals surface area contributed by atoms with Gasteiger partial charge in [-0.1, -0.05) is 6.07 Å². The van der Waals surface area contributed by atoms with Crippen molar-refractivity contribution in [3.8, 4) is 0 Å². The highest BCUT2D eigenvalue weighted by atomic mass is 32.1. The van der Waals surface area contributed by atoms with Crippen LogP contribution in [0.5, 0.6) is 0 Å². The van der Waals surface area contributed by atoms with Crippen LogP contribution in [0.3, 0.4) is 0 Å². The molecular formula is C21H16N4O5S. The van der Waals surface area contributed by atoms with Gasteiger partial charge in [-0.3, -0.25) is 25.0 Å². The predicted octanol–water partition coefficient (Wildman–Crippen LogP) is 3.97. The van der Waals surface area contributed by atoms with Crippen LogP contribution in [-0.4, -0.2) is 21.9 Å². The number of hydrogen-bond acceptors (Lipinski definition) is 6. The summed E-state index contributed by atoms with van der Waals surface area (Å²) >= 11 is 5.13. The summed E-state index contributed by atoms with van der Waals surface area (Å²) in [5.41, 5.74) is 1.66. The maximum absolute atomic E-state index is 12.0. The van der Waals surface area contributed by atoms with Crippen molar-refractivity contribution in [2.75, 3.05) is 10.6 Å². The highest BCUT2D eigenvalue weighted by molar-refractivity contribution is 7.80. The van der Waals surface area contributed by atoms with Gasteiger partial charge in [0.25, 0.3) is 11.6 Å². The average Bonchev–Trinajstić information content (AvgIpc) is 3.28. The first-order valence-electron chi connectivity index (χ1n) is 8.90. The van der Waals surface area contributed by atoms with Crippen LogP contribution in [0.25, 0.3) is 6.08 Å². The van der Waals surface area contributed by atoms with E-state index in [9.17, 15) is 19.7 Å². The number of rotatable bonds is 6. The molecule has 2 amide bonds. The molecule has 0 spiro atoms. The molecule has 9 nitrogen and oxygen atoms in total. The van der Waals surface area contributed by atoms with Crippen molar-refractivity contribution in [3.05, 3.63) is 94.4 Å². The van der Waals surface area contributed by atoms with Crippen LogP contribution < -0.4 is 16.0 Å². The van der Waals surface area contributed by atoms with E-state index in [1.165, 1.54) is 42.7 Å². The SMILES string of the molecule is O=C(/C=C/c1ccc([N+](=O)[O-])cc1)NC(=S)Nc1cccc(NC(=O)c2ccco2)c1. The minimum atomic E-state index is -0.498. The fraction of sp³-hybridized carbons (Fsp3) is 0. The fourth-order valence-electron chi connectivity index (χ4n) is 2.47. The lowest BCUT2D eigenvalue weighted by Crippen LogP contribution is -2.32. The normalized spacial score (nSPS) is 10.5. The molecule has 0 aliphatic heterocycles. The van der Waals surface area contributed by atoms with Crippen LogP contribution in [0.2, 0.25) is 0 Å². The first kappa shape index (κ1) is 21.4. The fourth-order valence-corrected chi connectivity index (χ4v) is 2.69. The molecule has 31 heavy (non-hydrogen) atoms. The Morgan fingerprint density at radius 2 is 1.71 bits per heavy atom. The maximum Gasteiger partial charge on any atom is 0.291 e. The first-order valence-corrected chi connectivity index (χ1v) is 9.31. The van der Waals surface area contributed by atoms with E-state index in [2.05, 4.69) is 16.0 Å². The quantitative estimate of drug-likeness (QED) is 0.231. The Hall–Kier alpha value is -4.31. The number of carbonyl (C=O) groups is 2. The molecule has 0 unspecified atom stereocenters. The van der Waals surface area contributed by atoms with Crippen molar-refractivity contribution in [2.45, 2.75) is 0 Å². The van der Waals surface area contributed by atoms with Crippen molar-refractivity contribution in [2.24, 2.45) is 0 Å². The number of nitrogens with zero attached hydrogens (tertiary/aromatic N) is 1. The number of carbonyl (C=O) groups excluding carboxylic acids is 2. The van der Waals surface area contributed by atoms with Crippen molar-refractivity contribution in [3.63, 3.8) is 0 Å². The molecule has 0 aliphatic carbocycles. The third-order valence-corrected chi connectivity index (χ3v) is 4.10. The Balaban J connectivity index is 1.53. The number of furan rings is 1. The highest BCUT2D eigenvalue weighted by Crippen LogP contribution is 2.16. The van der Waals surface area contributed by atoms with Crippen molar-refractivity contribution in [1.82, 2.24) is 5.32 Å². The van der Waals surface area contributed by atoms with Gasteiger partial charge in [-0.05, 0) is 66.3 Å². The molecule has 2 aromatic carbocycles. The van der Waals surface area contributed by atoms with Gasteiger partial charge in [0.2, 0.25) is 5.91 Å². The summed E-state index contributed by atoms with van der Waals surface area (Å²) in [7, 11) is 0. The van der Waals surface area contributed by atoms with Gasteiger partial charge < -0.3 is 15.1 Å². The highest BCUT2D eigenvalue weighted by Gasteiger charge is 2.09. The van der Waals surface area contributed by atoms with Crippen LogP contribution in [0.4, 0.5) is 17.1 Å². The molecule has 3 N–H and O–H groups in total. The van der Waals surface area contributed by atoms with Gasteiger partial charge in [0, 0.05) is 29.6 Å². The van der Waals surface area contributed by atoms with Crippen LogP contribution in [0.15, 0.2) is 77.4 Å². The molecule has 0 saturated heterocycles. The van der Waals surface area contributed by atoms with Gasteiger partial charge in [-0.15, -0.1) is 0 Å². The standard InChI is InChI=1S/C21H16N4O5S/c26-19(11-8-14-6-9-17(10-7-14)25(28)29)24-21(31)23-16-4-1-3-15(13-16)22-20(27)18-5-2-12-30-18/h1-13H,(H,22,27)(H2,23,24,26,31)/b11-8+. The molecule has 10 heteroatoms. The lowest BCUT2D eigenvalue weighted by Gasteiger charge is -2.10. The molecule has 0 aliphatic rings. The number of thiocarbonyl (C=S) groups is 1. The molecule has 0 radical (unpaired) electrons. The van der Waals surface area contributed by atoms with E-state index in [0.717, 1.165) is 0 Å². The minimum Gasteiger partial charge on any atom is -0.459 e. The van der Waals surface area contributed by atoms with Gasteiger partial charge >= 0.3 is 0 Å². The summed E-state index contributed by atoms with van der Waals surface area (Å²) in [6.45, 7) is 0. The second-order valence-corrected chi connectivity index (χ2v) is 6.55. The third kappa shape index (κ3) is 6.34. The van der Waals surface area contributed by atoms with Gasteiger partial charge in [-0.2, -0.15) is 0 Å². The number of benzene rings is 2. The number of anilines is 2. The Morgan fingerprint density at radius 1 is 1.00 bits per heavy atom. The van der Waals surface area contributed by atoms with E-state index in [-0.39, 0.29) is 16.6 Å². The number of nitro groups is 1. The summed E-state index contributed by atoms with van der Waals surface area (Å²) in [6, 6.07) is 15.7. The van der Waals surface area contributed by atoms with Crippen LogP contribution in [0.1, 0.15) is 16.1 Å². The largest absolute Gasteiger partial charge is 0.459 e. The second kappa shape index (κ2) is 9.94. The number of nitrogens with one attached hydrogen (secondary N) is 3. The Morgan fingerprint density at radius 3 is 2.35 bits per heavy atom. The maximum atomic E-state index is 12.0. The molecule has 0 fully saturated rings. The zero-order valence-corrected chi connectivity index (χ0v) is 16.7. The second-order valence-electron chi connectivity index (χ2n) is 6.14. The molecule has 0 atom stereocenters. The number of hydrogen-bond donors (Lipinski definition) is 3. The van der Waals surface area contributed by atoms with Crippen LogP contribution >= 0.6 is 12.2 Å². The number of amides is 2. The van der Waals surface area contributed by atoms with E-state index < -0.39 is 16.7 Å². The smallest absolute Gasteiger partial charge is 0.291 e.